The lowest BCUT2D eigenvalue weighted by Crippen LogP contribution is -2.22. The Kier molecular flexibility index (Phi) is 5.42. The van der Waals surface area contributed by atoms with Gasteiger partial charge >= 0.3 is 0 Å². The lowest BCUT2D eigenvalue weighted by Gasteiger charge is -2.09. The van der Waals surface area contributed by atoms with Crippen LogP contribution in [0, 0.1) is 6.92 Å². The van der Waals surface area contributed by atoms with Crippen LogP contribution in [0.4, 0.5) is 0 Å². The fourth-order valence-electron chi connectivity index (χ4n) is 2.17. The van der Waals surface area contributed by atoms with Crippen LogP contribution in [-0.4, -0.2) is 18.3 Å². The maximum absolute atomic E-state index is 12.3. The number of pyridine rings is 1. The maximum atomic E-state index is 12.3. The van der Waals surface area contributed by atoms with Crippen molar-refractivity contribution in [1.82, 2.24) is 4.57 Å². The van der Waals surface area contributed by atoms with Gasteiger partial charge in [0.25, 0.3) is 5.56 Å². The number of hydrogen-bond acceptors (Lipinski definition) is 3. The zero-order valence-corrected chi connectivity index (χ0v) is 13.2. The first-order chi connectivity index (χ1) is 10.6. The Morgan fingerprint density at radius 1 is 1.23 bits per heavy atom. The number of aryl methyl sites for hydroxylation is 1. The SMILES string of the molecule is CCO/C=C/c1cc(C)c(=O)n(Cc2ccc(OC)cc2)c1. The van der Waals surface area contributed by atoms with Gasteiger partial charge in [0.1, 0.15) is 5.75 Å². The highest BCUT2D eigenvalue weighted by Gasteiger charge is 2.03. The van der Waals surface area contributed by atoms with E-state index in [4.69, 9.17) is 9.47 Å². The van der Waals surface area contributed by atoms with Crippen molar-refractivity contribution in [3.05, 3.63) is 69.8 Å². The summed E-state index contributed by atoms with van der Waals surface area (Å²) in [7, 11) is 1.64. The van der Waals surface area contributed by atoms with E-state index in [1.54, 1.807) is 17.9 Å². The quantitative estimate of drug-likeness (QED) is 0.769. The monoisotopic (exact) mass is 299 g/mol. The molecular formula is C18H21NO3. The van der Waals surface area contributed by atoms with Crippen LogP contribution in [-0.2, 0) is 11.3 Å². The number of nitrogens with zero attached hydrogens (tertiary/aromatic N) is 1. The number of benzene rings is 1. The summed E-state index contributed by atoms with van der Waals surface area (Å²) in [5, 5.41) is 0. The molecule has 4 heteroatoms. The van der Waals surface area contributed by atoms with Crippen LogP contribution < -0.4 is 10.3 Å². The van der Waals surface area contributed by atoms with E-state index in [9.17, 15) is 4.79 Å². The molecule has 2 aromatic rings. The van der Waals surface area contributed by atoms with Crippen molar-refractivity contribution >= 4 is 6.08 Å². The van der Waals surface area contributed by atoms with E-state index in [1.165, 1.54) is 0 Å². The van der Waals surface area contributed by atoms with Crippen molar-refractivity contribution in [3.63, 3.8) is 0 Å². The van der Waals surface area contributed by atoms with Crippen LogP contribution in [0.5, 0.6) is 5.75 Å². The summed E-state index contributed by atoms with van der Waals surface area (Å²) < 4.78 is 12.1. The Labute approximate surface area is 130 Å². The second kappa shape index (κ2) is 7.50. The first kappa shape index (κ1) is 15.9. The number of rotatable bonds is 6. The molecule has 0 unspecified atom stereocenters. The fourth-order valence-corrected chi connectivity index (χ4v) is 2.17. The van der Waals surface area contributed by atoms with E-state index in [-0.39, 0.29) is 5.56 Å². The van der Waals surface area contributed by atoms with Crippen LogP contribution in [0.15, 0.2) is 47.6 Å². The molecule has 0 fully saturated rings. The Morgan fingerprint density at radius 3 is 2.59 bits per heavy atom. The summed E-state index contributed by atoms with van der Waals surface area (Å²) in [5.74, 6) is 0.806. The van der Waals surface area contributed by atoms with Crippen LogP contribution in [0.1, 0.15) is 23.6 Å². The standard InChI is InChI=1S/C18H21NO3/c1-4-22-10-9-16-11-14(2)18(20)19(13-16)12-15-5-7-17(21-3)8-6-15/h5-11,13H,4,12H2,1-3H3/b10-9+. The Balaban J connectivity index is 2.26. The van der Waals surface area contributed by atoms with Gasteiger partial charge in [-0.25, -0.2) is 0 Å². The first-order valence-corrected chi connectivity index (χ1v) is 7.26. The molecule has 0 N–H and O–H groups in total. The van der Waals surface area contributed by atoms with Crippen molar-refractivity contribution in [1.29, 1.82) is 0 Å². The molecular weight excluding hydrogens is 278 g/mol. The summed E-state index contributed by atoms with van der Waals surface area (Å²) >= 11 is 0. The molecule has 0 amide bonds. The zero-order valence-electron chi connectivity index (χ0n) is 13.2. The van der Waals surface area contributed by atoms with Crippen molar-refractivity contribution < 1.29 is 9.47 Å². The van der Waals surface area contributed by atoms with Gasteiger partial charge in [0.05, 0.1) is 26.5 Å². The molecule has 1 aromatic heterocycles. The van der Waals surface area contributed by atoms with Crippen molar-refractivity contribution in [2.24, 2.45) is 0 Å². The largest absolute Gasteiger partial charge is 0.501 e. The smallest absolute Gasteiger partial charge is 0.253 e. The van der Waals surface area contributed by atoms with E-state index in [0.29, 0.717) is 18.7 Å². The molecule has 0 spiro atoms. The number of ether oxygens (including phenoxy) is 2. The molecule has 0 aliphatic carbocycles. The highest BCUT2D eigenvalue weighted by molar-refractivity contribution is 5.47. The molecule has 0 bridgehead atoms. The third-order valence-electron chi connectivity index (χ3n) is 3.32. The zero-order chi connectivity index (χ0) is 15.9. The highest BCUT2D eigenvalue weighted by Crippen LogP contribution is 2.12. The Hall–Kier alpha value is -2.49. The third-order valence-corrected chi connectivity index (χ3v) is 3.32. The van der Waals surface area contributed by atoms with Gasteiger partial charge in [-0.3, -0.25) is 4.79 Å². The minimum atomic E-state index is 0.0179. The van der Waals surface area contributed by atoms with E-state index >= 15 is 0 Å². The first-order valence-electron chi connectivity index (χ1n) is 7.26. The predicted octanol–water partition coefficient (Wildman–Crippen LogP) is 3.22. The molecule has 0 radical (unpaired) electrons. The average Bonchev–Trinajstić information content (AvgIpc) is 2.53. The Morgan fingerprint density at radius 2 is 1.95 bits per heavy atom. The van der Waals surface area contributed by atoms with Crippen LogP contribution in [0.25, 0.3) is 6.08 Å². The van der Waals surface area contributed by atoms with Gasteiger partial charge in [-0.2, -0.15) is 0 Å². The van der Waals surface area contributed by atoms with Gasteiger partial charge in [-0.05, 0) is 49.2 Å². The molecule has 4 nitrogen and oxygen atoms in total. The lowest BCUT2D eigenvalue weighted by molar-refractivity contribution is 0.272. The molecule has 2 rings (SSSR count). The van der Waals surface area contributed by atoms with Crippen molar-refractivity contribution in [2.45, 2.75) is 20.4 Å². The van der Waals surface area contributed by atoms with Gasteiger partial charge in [-0.15, -0.1) is 0 Å². The summed E-state index contributed by atoms with van der Waals surface area (Å²) in [6, 6.07) is 9.58. The van der Waals surface area contributed by atoms with Gasteiger partial charge in [0, 0.05) is 11.8 Å². The van der Waals surface area contributed by atoms with Crippen LogP contribution in [0.3, 0.4) is 0 Å². The molecule has 1 aromatic carbocycles. The van der Waals surface area contributed by atoms with E-state index < -0.39 is 0 Å². The topological polar surface area (TPSA) is 40.5 Å². The van der Waals surface area contributed by atoms with Crippen molar-refractivity contribution in [2.75, 3.05) is 13.7 Å². The van der Waals surface area contributed by atoms with Crippen LogP contribution >= 0.6 is 0 Å². The molecule has 0 aliphatic rings. The number of hydrogen-bond donors (Lipinski definition) is 0. The van der Waals surface area contributed by atoms with E-state index in [1.807, 2.05) is 56.5 Å². The fraction of sp³-hybridized carbons (Fsp3) is 0.278. The normalized spacial score (nSPS) is 10.9. The summed E-state index contributed by atoms with van der Waals surface area (Å²) in [5.41, 5.74) is 2.73. The molecule has 0 saturated heterocycles. The lowest BCUT2D eigenvalue weighted by atomic mass is 10.2. The predicted molar refractivity (Wildman–Crippen MR) is 88.2 cm³/mol. The molecule has 1 heterocycles. The van der Waals surface area contributed by atoms with Gasteiger partial charge in [-0.1, -0.05) is 12.1 Å². The Bertz CT molecular complexity index is 699. The molecule has 116 valence electrons. The van der Waals surface area contributed by atoms with Crippen LogP contribution in [0.2, 0.25) is 0 Å². The molecule has 22 heavy (non-hydrogen) atoms. The minimum absolute atomic E-state index is 0.0179. The van der Waals surface area contributed by atoms with Gasteiger partial charge < -0.3 is 14.0 Å². The minimum Gasteiger partial charge on any atom is -0.501 e. The molecule has 0 saturated carbocycles. The summed E-state index contributed by atoms with van der Waals surface area (Å²) in [6.07, 6.45) is 5.35. The summed E-state index contributed by atoms with van der Waals surface area (Å²) in [4.78, 5) is 12.3. The second-order valence-electron chi connectivity index (χ2n) is 5.00. The van der Waals surface area contributed by atoms with Gasteiger partial charge in [0.15, 0.2) is 0 Å². The molecule has 0 atom stereocenters. The second-order valence-corrected chi connectivity index (χ2v) is 5.00. The number of aromatic nitrogens is 1. The maximum Gasteiger partial charge on any atom is 0.253 e. The third kappa shape index (κ3) is 4.01. The van der Waals surface area contributed by atoms with E-state index in [2.05, 4.69) is 0 Å². The van der Waals surface area contributed by atoms with E-state index in [0.717, 1.165) is 16.9 Å². The molecule has 0 aliphatic heterocycles. The summed E-state index contributed by atoms with van der Waals surface area (Å²) in [6.45, 7) is 4.91. The number of methoxy groups -OCH3 is 1. The van der Waals surface area contributed by atoms with Gasteiger partial charge in [0.2, 0.25) is 0 Å². The highest BCUT2D eigenvalue weighted by atomic mass is 16.5. The van der Waals surface area contributed by atoms with Crippen molar-refractivity contribution in [3.8, 4) is 5.75 Å². The average molecular weight is 299 g/mol.